The van der Waals surface area contributed by atoms with Gasteiger partial charge in [0.05, 0.1) is 0 Å². The van der Waals surface area contributed by atoms with E-state index in [1.807, 2.05) is 0 Å². The molecule has 1 rings (SSSR count). The number of hydrogen-bond acceptors (Lipinski definition) is 1. The highest BCUT2D eigenvalue weighted by molar-refractivity contribution is 6.30. The first-order valence-electron chi connectivity index (χ1n) is 4.98. The SMILES string of the molecule is CN(C)C(=O)C(Cl)C1CCCCC1. The van der Waals surface area contributed by atoms with Gasteiger partial charge in [-0.2, -0.15) is 0 Å². The lowest BCUT2D eigenvalue weighted by molar-refractivity contribution is -0.129. The monoisotopic (exact) mass is 203 g/mol. The summed E-state index contributed by atoms with van der Waals surface area (Å²) in [5.74, 6) is 0.471. The number of hydrogen-bond donors (Lipinski definition) is 0. The molecule has 0 aromatic carbocycles. The first-order valence-corrected chi connectivity index (χ1v) is 5.42. The molecule has 0 aromatic heterocycles. The van der Waals surface area contributed by atoms with Crippen LogP contribution < -0.4 is 0 Å². The molecule has 0 heterocycles. The van der Waals surface area contributed by atoms with Crippen molar-refractivity contribution < 1.29 is 4.79 Å². The van der Waals surface area contributed by atoms with Crippen molar-refractivity contribution in [1.29, 1.82) is 0 Å². The Hall–Kier alpha value is -0.240. The third-order valence-corrected chi connectivity index (χ3v) is 3.28. The van der Waals surface area contributed by atoms with Gasteiger partial charge < -0.3 is 4.90 Å². The lowest BCUT2D eigenvalue weighted by Crippen LogP contribution is -2.35. The van der Waals surface area contributed by atoms with Gasteiger partial charge in [-0.3, -0.25) is 4.79 Å². The normalized spacial score (nSPS) is 21.2. The van der Waals surface area contributed by atoms with Crippen molar-refractivity contribution in [2.75, 3.05) is 14.1 Å². The smallest absolute Gasteiger partial charge is 0.240 e. The van der Waals surface area contributed by atoms with Crippen LogP contribution in [-0.4, -0.2) is 30.3 Å². The van der Waals surface area contributed by atoms with Gasteiger partial charge in [-0.15, -0.1) is 11.6 Å². The number of halogens is 1. The molecule has 1 amide bonds. The van der Waals surface area contributed by atoms with Gasteiger partial charge in [0.1, 0.15) is 5.38 Å². The van der Waals surface area contributed by atoms with Crippen molar-refractivity contribution >= 4 is 17.5 Å². The number of carbonyl (C=O) groups excluding carboxylic acids is 1. The minimum Gasteiger partial charge on any atom is -0.348 e. The molecule has 1 aliphatic rings. The van der Waals surface area contributed by atoms with Crippen LogP contribution in [0.1, 0.15) is 32.1 Å². The van der Waals surface area contributed by atoms with E-state index < -0.39 is 0 Å². The maximum absolute atomic E-state index is 11.5. The zero-order chi connectivity index (χ0) is 9.84. The van der Waals surface area contributed by atoms with E-state index in [1.54, 1.807) is 19.0 Å². The molecule has 1 unspecified atom stereocenters. The van der Waals surface area contributed by atoms with Gasteiger partial charge in [-0.1, -0.05) is 19.3 Å². The second-order valence-electron chi connectivity index (χ2n) is 4.03. The molecule has 0 radical (unpaired) electrons. The van der Waals surface area contributed by atoms with Crippen molar-refractivity contribution in [2.45, 2.75) is 37.5 Å². The summed E-state index contributed by atoms with van der Waals surface area (Å²) in [6.45, 7) is 0. The summed E-state index contributed by atoms with van der Waals surface area (Å²) in [7, 11) is 3.53. The summed E-state index contributed by atoms with van der Waals surface area (Å²) in [5, 5.41) is -0.296. The number of amides is 1. The minimum atomic E-state index is -0.296. The van der Waals surface area contributed by atoms with Gasteiger partial charge in [0.2, 0.25) is 5.91 Å². The van der Waals surface area contributed by atoms with E-state index in [1.165, 1.54) is 19.3 Å². The van der Waals surface area contributed by atoms with Crippen LogP contribution in [0.3, 0.4) is 0 Å². The number of alkyl halides is 1. The Bertz CT molecular complexity index is 176. The topological polar surface area (TPSA) is 20.3 Å². The van der Waals surface area contributed by atoms with Crippen LogP contribution in [0, 0.1) is 5.92 Å². The molecule has 0 N–H and O–H groups in total. The van der Waals surface area contributed by atoms with Crippen molar-refractivity contribution in [3.05, 3.63) is 0 Å². The fourth-order valence-electron chi connectivity index (χ4n) is 1.88. The molecule has 1 atom stereocenters. The molecular weight excluding hydrogens is 186 g/mol. The molecule has 0 aromatic rings. The van der Waals surface area contributed by atoms with Crippen LogP contribution in [-0.2, 0) is 4.79 Å². The minimum absolute atomic E-state index is 0.0635. The second kappa shape index (κ2) is 4.85. The van der Waals surface area contributed by atoms with Crippen LogP contribution >= 0.6 is 11.6 Å². The van der Waals surface area contributed by atoms with Gasteiger partial charge in [0.25, 0.3) is 0 Å². The lowest BCUT2D eigenvalue weighted by Gasteiger charge is -2.26. The van der Waals surface area contributed by atoms with Crippen molar-refractivity contribution in [3.8, 4) is 0 Å². The predicted molar refractivity (Wildman–Crippen MR) is 54.9 cm³/mol. The molecule has 76 valence electrons. The molecule has 0 saturated heterocycles. The standard InChI is InChI=1S/C10H18ClNO/c1-12(2)10(13)9(11)8-6-4-3-5-7-8/h8-9H,3-7H2,1-2H3. The molecular formula is C10H18ClNO. The summed E-state index contributed by atoms with van der Waals surface area (Å²) in [5.41, 5.74) is 0. The van der Waals surface area contributed by atoms with Gasteiger partial charge in [0, 0.05) is 14.1 Å². The average molecular weight is 204 g/mol. The van der Waals surface area contributed by atoms with Crippen LogP contribution in [0.15, 0.2) is 0 Å². The highest BCUT2D eigenvalue weighted by atomic mass is 35.5. The van der Waals surface area contributed by atoms with E-state index in [4.69, 9.17) is 11.6 Å². The van der Waals surface area contributed by atoms with E-state index in [0.29, 0.717) is 5.92 Å². The van der Waals surface area contributed by atoms with Gasteiger partial charge in [-0.25, -0.2) is 0 Å². The molecule has 0 bridgehead atoms. The first-order chi connectivity index (χ1) is 6.13. The second-order valence-corrected chi connectivity index (χ2v) is 4.50. The molecule has 1 aliphatic carbocycles. The molecule has 3 heteroatoms. The third kappa shape index (κ3) is 2.87. The summed E-state index contributed by atoms with van der Waals surface area (Å²) in [6, 6.07) is 0. The van der Waals surface area contributed by atoms with Gasteiger partial charge in [-0.05, 0) is 18.8 Å². The summed E-state index contributed by atoms with van der Waals surface area (Å²) < 4.78 is 0. The average Bonchev–Trinajstić information content (AvgIpc) is 2.17. The molecule has 0 aliphatic heterocycles. The summed E-state index contributed by atoms with van der Waals surface area (Å²) in [4.78, 5) is 13.1. The third-order valence-electron chi connectivity index (χ3n) is 2.74. The van der Waals surface area contributed by atoms with E-state index in [0.717, 1.165) is 12.8 Å². The maximum atomic E-state index is 11.5. The fourth-order valence-corrected chi connectivity index (χ4v) is 2.32. The van der Waals surface area contributed by atoms with E-state index in [-0.39, 0.29) is 11.3 Å². The predicted octanol–water partition coefficient (Wildman–Crippen LogP) is 2.26. The Morgan fingerprint density at radius 2 is 1.85 bits per heavy atom. The Balaban J connectivity index is 2.45. The number of carbonyl (C=O) groups is 1. The highest BCUT2D eigenvalue weighted by Crippen LogP contribution is 2.29. The van der Waals surface area contributed by atoms with Gasteiger partial charge >= 0.3 is 0 Å². The van der Waals surface area contributed by atoms with Crippen LogP contribution in [0.2, 0.25) is 0 Å². The van der Waals surface area contributed by atoms with Crippen molar-refractivity contribution in [2.24, 2.45) is 5.92 Å². The van der Waals surface area contributed by atoms with Crippen LogP contribution in [0.25, 0.3) is 0 Å². The molecule has 1 saturated carbocycles. The first kappa shape index (κ1) is 10.8. The Morgan fingerprint density at radius 1 is 1.31 bits per heavy atom. The van der Waals surface area contributed by atoms with E-state index >= 15 is 0 Å². The molecule has 2 nitrogen and oxygen atoms in total. The van der Waals surface area contributed by atoms with Gasteiger partial charge in [0.15, 0.2) is 0 Å². The molecule has 1 fully saturated rings. The zero-order valence-electron chi connectivity index (χ0n) is 8.42. The fraction of sp³-hybridized carbons (Fsp3) is 0.900. The summed E-state index contributed by atoms with van der Waals surface area (Å²) in [6.07, 6.45) is 6.00. The summed E-state index contributed by atoms with van der Waals surface area (Å²) >= 11 is 6.11. The molecule has 13 heavy (non-hydrogen) atoms. The van der Waals surface area contributed by atoms with Crippen molar-refractivity contribution in [1.82, 2.24) is 4.90 Å². The number of rotatable bonds is 2. The van der Waals surface area contributed by atoms with E-state index in [9.17, 15) is 4.79 Å². The largest absolute Gasteiger partial charge is 0.348 e. The Kier molecular flexibility index (Phi) is 4.04. The quantitative estimate of drug-likeness (QED) is 0.631. The zero-order valence-corrected chi connectivity index (χ0v) is 9.18. The number of nitrogens with zero attached hydrogens (tertiary/aromatic N) is 1. The maximum Gasteiger partial charge on any atom is 0.240 e. The van der Waals surface area contributed by atoms with Crippen LogP contribution in [0.5, 0.6) is 0 Å². The van der Waals surface area contributed by atoms with Crippen molar-refractivity contribution in [3.63, 3.8) is 0 Å². The molecule has 0 spiro atoms. The Labute approximate surface area is 85.2 Å². The lowest BCUT2D eigenvalue weighted by atomic mass is 9.86. The van der Waals surface area contributed by atoms with E-state index in [2.05, 4.69) is 0 Å². The van der Waals surface area contributed by atoms with Crippen LogP contribution in [0.4, 0.5) is 0 Å². The Morgan fingerprint density at radius 3 is 2.31 bits per heavy atom. The highest BCUT2D eigenvalue weighted by Gasteiger charge is 2.28.